The van der Waals surface area contributed by atoms with Gasteiger partial charge >= 0.3 is 0 Å². The molecule has 0 aliphatic carbocycles. The van der Waals surface area contributed by atoms with Crippen LogP contribution in [0.1, 0.15) is 18.9 Å². The van der Waals surface area contributed by atoms with Crippen molar-refractivity contribution < 1.29 is 14.4 Å². The Morgan fingerprint density at radius 2 is 1.75 bits per heavy atom. The summed E-state index contributed by atoms with van der Waals surface area (Å²) in [6.07, 6.45) is 1.80. The Balaban J connectivity index is 1.53. The lowest BCUT2D eigenvalue weighted by Gasteiger charge is -2.25. The van der Waals surface area contributed by atoms with Crippen molar-refractivity contribution in [3.05, 3.63) is 84.6 Å². The molecule has 0 radical (unpaired) electrons. The van der Waals surface area contributed by atoms with Gasteiger partial charge in [-0.1, -0.05) is 36.4 Å². The lowest BCUT2D eigenvalue weighted by molar-refractivity contribution is -0.124. The van der Waals surface area contributed by atoms with Crippen LogP contribution < -0.4 is 15.1 Å². The van der Waals surface area contributed by atoms with Crippen molar-refractivity contribution in [3.8, 4) is 0 Å². The molecule has 1 aromatic heterocycles. The van der Waals surface area contributed by atoms with Crippen molar-refractivity contribution >= 4 is 34.9 Å². The van der Waals surface area contributed by atoms with Crippen LogP contribution in [0.25, 0.3) is 0 Å². The second kappa shape index (κ2) is 9.43. The summed E-state index contributed by atoms with van der Waals surface area (Å²) < 4.78 is 0. The van der Waals surface area contributed by atoms with Gasteiger partial charge in [0.1, 0.15) is 5.82 Å². The van der Waals surface area contributed by atoms with Gasteiger partial charge in [-0.25, -0.2) is 4.98 Å². The molecule has 1 atom stereocenters. The molecule has 0 saturated carbocycles. The molecule has 3 amide bonds. The number of carbonyl (C=O) groups is 3. The highest BCUT2D eigenvalue weighted by Crippen LogP contribution is 2.29. The topological polar surface area (TPSA) is 82.6 Å². The molecule has 0 bridgehead atoms. The Labute approximate surface area is 186 Å². The zero-order valence-electron chi connectivity index (χ0n) is 17.8. The van der Waals surface area contributed by atoms with Gasteiger partial charge in [0.05, 0.1) is 12.5 Å². The lowest BCUT2D eigenvalue weighted by atomic mass is 10.1. The van der Waals surface area contributed by atoms with Crippen LogP contribution in [0.4, 0.5) is 17.2 Å². The predicted molar refractivity (Wildman–Crippen MR) is 123 cm³/mol. The molecule has 7 nitrogen and oxygen atoms in total. The van der Waals surface area contributed by atoms with Crippen molar-refractivity contribution in [3.63, 3.8) is 0 Å². The zero-order chi connectivity index (χ0) is 22.5. The molecule has 2 aromatic carbocycles. The molecule has 1 unspecified atom stereocenters. The monoisotopic (exact) mass is 428 g/mol. The fourth-order valence-electron chi connectivity index (χ4n) is 3.82. The van der Waals surface area contributed by atoms with E-state index in [9.17, 15) is 14.4 Å². The number of hydrogen-bond acceptors (Lipinski definition) is 4. The number of anilines is 3. The normalized spacial score (nSPS) is 15.5. The number of nitrogens with one attached hydrogen (secondary N) is 1. The van der Waals surface area contributed by atoms with Crippen LogP contribution in [0.15, 0.2) is 79.0 Å². The van der Waals surface area contributed by atoms with Gasteiger partial charge in [0.25, 0.3) is 0 Å². The molecule has 4 rings (SSSR count). The van der Waals surface area contributed by atoms with E-state index in [0.29, 0.717) is 30.3 Å². The summed E-state index contributed by atoms with van der Waals surface area (Å²) in [4.78, 5) is 45.1. The Hall–Kier alpha value is -4.00. The van der Waals surface area contributed by atoms with Crippen molar-refractivity contribution in [2.75, 3.05) is 21.7 Å². The molecule has 32 heavy (non-hydrogen) atoms. The third-order valence-electron chi connectivity index (χ3n) is 5.35. The first kappa shape index (κ1) is 21.2. The van der Waals surface area contributed by atoms with E-state index in [-0.39, 0.29) is 24.1 Å². The van der Waals surface area contributed by atoms with Crippen LogP contribution in [-0.4, -0.2) is 29.3 Å². The molecular weight excluding hydrogens is 404 g/mol. The molecule has 1 aliphatic heterocycles. The fraction of sp³-hybridized carbons (Fsp3) is 0.200. The summed E-state index contributed by atoms with van der Waals surface area (Å²) in [6, 6.07) is 22.2. The quantitative estimate of drug-likeness (QED) is 0.650. The molecule has 1 saturated heterocycles. The minimum absolute atomic E-state index is 0.101. The van der Waals surface area contributed by atoms with Crippen LogP contribution >= 0.6 is 0 Å². The first-order valence-electron chi connectivity index (χ1n) is 10.5. The molecule has 1 aliphatic rings. The van der Waals surface area contributed by atoms with Gasteiger partial charge in [-0.05, 0) is 42.0 Å². The minimum atomic E-state index is -0.469. The summed E-state index contributed by atoms with van der Waals surface area (Å²) in [7, 11) is 0. The SMILES string of the molecule is CC(=O)Nc1ccc(N2CC(C(=O)N(Cc3ccccc3)c3ccccn3)CC2=O)cc1. The highest BCUT2D eigenvalue weighted by Gasteiger charge is 2.38. The van der Waals surface area contributed by atoms with Gasteiger partial charge < -0.3 is 10.2 Å². The second-order valence-corrected chi connectivity index (χ2v) is 7.73. The average Bonchev–Trinajstić information content (AvgIpc) is 3.20. The van der Waals surface area contributed by atoms with Gasteiger partial charge in [-0.2, -0.15) is 0 Å². The Bertz CT molecular complexity index is 1100. The summed E-state index contributed by atoms with van der Waals surface area (Å²) in [5.41, 5.74) is 2.35. The van der Waals surface area contributed by atoms with Crippen molar-refractivity contribution in [1.82, 2.24) is 4.98 Å². The maximum atomic E-state index is 13.5. The van der Waals surface area contributed by atoms with Crippen LogP contribution in [0.5, 0.6) is 0 Å². The first-order chi connectivity index (χ1) is 15.5. The number of hydrogen-bond donors (Lipinski definition) is 1. The fourth-order valence-corrected chi connectivity index (χ4v) is 3.82. The van der Waals surface area contributed by atoms with Gasteiger partial charge in [0.2, 0.25) is 17.7 Å². The van der Waals surface area contributed by atoms with Crippen LogP contribution in [-0.2, 0) is 20.9 Å². The van der Waals surface area contributed by atoms with E-state index in [1.807, 2.05) is 36.4 Å². The highest BCUT2D eigenvalue weighted by molar-refractivity contribution is 6.04. The van der Waals surface area contributed by atoms with Crippen molar-refractivity contribution in [1.29, 1.82) is 0 Å². The largest absolute Gasteiger partial charge is 0.326 e. The molecular formula is C25H24N4O3. The first-order valence-corrected chi connectivity index (χ1v) is 10.5. The third kappa shape index (κ3) is 4.83. The molecule has 1 fully saturated rings. The Kier molecular flexibility index (Phi) is 6.26. The second-order valence-electron chi connectivity index (χ2n) is 7.73. The molecule has 0 spiro atoms. The minimum Gasteiger partial charge on any atom is -0.326 e. The number of aromatic nitrogens is 1. The molecule has 162 valence electrons. The van der Waals surface area contributed by atoms with Crippen molar-refractivity contribution in [2.45, 2.75) is 19.9 Å². The Morgan fingerprint density at radius 3 is 2.41 bits per heavy atom. The van der Waals surface area contributed by atoms with Crippen molar-refractivity contribution in [2.24, 2.45) is 5.92 Å². The lowest BCUT2D eigenvalue weighted by Crippen LogP contribution is -2.37. The van der Waals surface area contributed by atoms with E-state index >= 15 is 0 Å². The number of pyridine rings is 1. The van der Waals surface area contributed by atoms with E-state index < -0.39 is 5.92 Å². The smallest absolute Gasteiger partial charge is 0.233 e. The third-order valence-corrected chi connectivity index (χ3v) is 5.35. The van der Waals surface area contributed by atoms with E-state index in [0.717, 1.165) is 5.56 Å². The number of amides is 3. The maximum Gasteiger partial charge on any atom is 0.233 e. The van der Waals surface area contributed by atoms with E-state index in [2.05, 4.69) is 10.3 Å². The average molecular weight is 428 g/mol. The van der Waals surface area contributed by atoms with Gasteiger partial charge in [-0.3, -0.25) is 19.3 Å². The number of carbonyl (C=O) groups excluding carboxylic acids is 3. The number of rotatable bonds is 6. The van der Waals surface area contributed by atoms with Gasteiger partial charge in [0, 0.05) is 37.5 Å². The zero-order valence-corrected chi connectivity index (χ0v) is 17.8. The van der Waals surface area contributed by atoms with Crippen LogP contribution in [0, 0.1) is 5.92 Å². The highest BCUT2D eigenvalue weighted by atomic mass is 16.2. The molecule has 1 N–H and O–H groups in total. The molecule has 2 heterocycles. The molecule has 7 heteroatoms. The summed E-state index contributed by atoms with van der Waals surface area (Å²) in [6.45, 7) is 2.12. The van der Waals surface area contributed by atoms with Crippen LogP contribution in [0.3, 0.4) is 0 Å². The summed E-state index contributed by atoms with van der Waals surface area (Å²) in [5, 5.41) is 2.71. The maximum absolute atomic E-state index is 13.5. The van der Waals surface area contributed by atoms with Crippen LogP contribution in [0.2, 0.25) is 0 Å². The standard InChI is InChI=1S/C25H24N4O3/c1-18(30)27-21-10-12-22(13-11-21)28-17-20(15-24(28)31)25(32)29(23-9-5-6-14-26-23)16-19-7-3-2-4-8-19/h2-14,20H,15-17H2,1H3,(H,27,30). The molecule has 3 aromatic rings. The van der Waals surface area contributed by atoms with Gasteiger partial charge in [-0.15, -0.1) is 0 Å². The van der Waals surface area contributed by atoms with E-state index in [1.165, 1.54) is 6.92 Å². The number of nitrogens with zero attached hydrogens (tertiary/aromatic N) is 3. The Morgan fingerprint density at radius 1 is 1.03 bits per heavy atom. The van der Waals surface area contributed by atoms with Gasteiger partial charge in [0.15, 0.2) is 0 Å². The predicted octanol–water partition coefficient (Wildman–Crippen LogP) is 3.63. The summed E-state index contributed by atoms with van der Waals surface area (Å²) in [5.74, 6) is -0.293. The number of benzene rings is 2. The van der Waals surface area contributed by atoms with E-state index in [1.54, 1.807) is 52.4 Å². The summed E-state index contributed by atoms with van der Waals surface area (Å²) >= 11 is 0. The van der Waals surface area contributed by atoms with E-state index in [4.69, 9.17) is 0 Å².